The Morgan fingerprint density at radius 2 is 1.88 bits per heavy atom. The first-order valence-electron chi connectivity index (χ1n) is 7.03. The summed E-state index contributed by atoms with van der Waals surface area (Å²) < 4.78 is 28.6. The molecule has 0 aliphatic carbocycles. The summed E-state index contributed by atoms with van der Waals surface area (Å²) in [6.45, 7) is 1.81. The maximum atomic E-state index is 13.5. The molecule has 2 aromatic carbocycles. The fourth-order valence-corrected chi connectivity index (χ4v) is 2.14. The van der Waals surface area contributed by atoms with Crippen molar-refractivity contribution in [1.29, 1.82) is 0 Å². The number of carbonyl (C=O) groups is 1. The Hall–Kier alpha value is -3.16. The largest absolute Gasteiger partial charge is 0.371 e. The number of hydrogen-bond donors (Lipinski definition) is 0. The van der Waals surface area contributed by atoms with Crippen LogP contribution in [0.1, 0.15) is 17.3 Å². The van der Waals surface area contributed by atoms with Crippen LogP contribution in [0, 0.1) is 11.6 Å². The topological polar surface area (TPSA) is 69.4 Å². The number of rotatable bonds is 4. The number of nitrogens with zero attached hydrogens (tertiary/aromatic N) is 4. The first-order valence-corrected chi connectivity index (χ1v) is 7.03. The SMILES string of the molecule is CC(Cn1nnc2ccccc21)=NOC(=O)c1c(F)cccc1F. The van der Waals surface area contributed by atoms with E-state index in [0.717, 1.165) is 29.2 Å². The minimum absolute atomic E-state index is 0.216. The van der Waals surface area contributed by atoms with Crippen molar-refractivity contribution in [1.82, 2.24) is 15.0 Å². The van der Waals surface area contributed by atoms with Crippen LogP contribution in [0.15, 0.2) is 47.6 Å². The summed E-state index contributed by atoms with van der Waals surface area (Å²) in [4.78, 5) is 16.4. The molecule has 1 aromatic heterocycles. The smallest absolute Gasteiger partial charge is 0.313 e. The quantitative estimate of drug-likeness (QED) is 0.419. The molecule has 122 valence electrons. The summed E-state index contributed by atoms with van der Waals surface area (Å²) >= 11 is 0. The predicted molar refractivity (Wildman–Crippen MR) is 82.4 cm³/mol. The zero-order chi connectivity index (χ0) is 17.1. The number of para-hydroxylation sites is 1. The minimum atomic E-state index is -1.20. The van der Waals surface area contributed by atoms with E-state index >= 15 is 0 Å². The van der Waals surface area contributed by atoms with Crippen molar-refractivity contribution in [2.45, 2.75) is 13.5 Å². The summed E-state index contributed by atoms with van der Waals surface area (Å²) in [6.07, 6.45) is 0. The zero-order valence-corrected chi connectivity index (χ0v) is 12.6. The molecule has 1 heterocycles. The van der Waals surface area contributed by atoms with E-state index in [-0.39, 0.29) is 6.54 Å². The molecule has 0 bridgehead atoms. The van der Waals surface area contributed by atoms with Gasteiger partial charge in [0.15, 0.2) is 0 Å². The van der Waals surface area contributed by atoms with Gasteiger partial charge in [0.25, 0.3) is 0 Å². The van der Waals surface area contributed by atoms with Crippen LogP contribution < -0.4 is 0 Å². The molecule has 0 amide bonds. The van der Waals surface area contributed by atoms with Crippen molar-refractivity contribution in [2.75, 3.05) is 0 Å². The van der Waals surface area contributed by atoms with Crippen LogP contribution in [-0.2, 0) is 11.4 Å². The Bertz CT molecular complexity index is 916. The van der Waals surface area contributed by atoms with Crippen molar-refractivity contribution in [3.05, 3.63) is 59.7 Å². The predicted octanol–water partition coefficient (Wildman–Crippen LogP) is 2.94. The molecule has 0 fully saturated rings. The van der Waals surface area contributed by atoms with Crippen molar-refractivity contribution in [2.24, 2.45) is 5.16 Å². The summed E-state index contributed by atoms with van der Waals surface area (Å²) in [7, 11) is 0. The molecular weight excluding hydrogens is 318 g/mol. The summed E-state index contributed by atoms with van der Waals surface area (Å²) in [5.41, 5.74) is 1.12. The molecule has 24 heavy (non-hydrogen) atoms. The molecule has 0 aliphatic rings. The van der Waals surface area contributed by atoms with Gasteiger partial charge >= 0.3 is 5.97 Å². The second kappa shape index (κ2) is 6.53. The average Bonchev–Trinajstić information content (AvgIpc) is 2.96. The van der Waals surface area contributed by atoms with Gasteiger partial charge in [-0.15, -0.1) is 5.10 Å². The monoisotopic (exact) mass is 330 g/mol. The third-order valence-electron chi connectivity index (χ3n) is 3.25. The molecule has 0 saturated carbocycles. The molecule has 3 aromatic rings. The molecule has 0 N–H and O–H groups in total. The molecule has 0 unspecified atom stereocenters. The lowest BCUT2D eigenvalue weighted by Crippen LogP contribution is -2.12. The second-order valence-electron chi connectivity index (χ2n) is 5.04. The fourth-order valence-electron chi connectivity index (χ4n) is 2.14. The van der Waals surface area contributed by atoms with Crippen LogP contribution >= 0.6 is 0 Å². The lowest BCUT2D eigenvalue weighted by atomic mass is 10.2. The Morgan fingerprint density at radius 1 is 1.17 bits per heavy atom. The van der Waals surface area contributed by atoms with Gasteiger partial charge in [-0.3, -0.25) is 0 Å². The second-order valence-corrected chi connectivity index (χ2v) is 5.04. The standard InChI is InChI=1S/C16H12F2N4O2/c1-10(9-22-14-8-3-2-7-13(14)19-21-22)20-24-16(23)15-11(17)5-4-6-12(15)18/h2-8H,9H2,1H3. The normalized spacial score (nSPS) is 11.7. The molecular formula is C16H12F2N4O2. The molecule has 8 heteroatoms. The van der Waals surface area contributed by atoms with E-state index in [1.807, 2.05) is 24.3 Å². The van der Waals surface area contributed by atoms with E-state index in [1.165, 1.54) is 0 Å². The van der Waals surface area contributed by atoms with Gasteiger partial charge in [0.2, 0.25) is 0 Å². The Kier molecular flexibility index (Phi) is 4.28. The highest BCUT2D eigenvalue weighted by Gasteiger charge is 2.19. The average molecular weight is 330 g/mol. The molecule has 0 radical (unpaired) electrons. The van der Waals surface area contributed by atoms with Crippen molar-refractivity contribution in [3.8, 4) is 0 Å². The summed E-state index contributed by atoms with van der Waals surface area (Å²) in [5, 5.41) is 11.6. The van der Waals surface area contributed by atoms with Gasteiger partial charge < -0.3 is 4.84 Å². The number of carbonyl (C=O) groups excluding carboxylic acids is 1. The number of halogens is 2. The fraction of sp³-hybridized carbons (Fsp3) is 0.125. The van der Waals surface area contributed by atoms with Crippen molar-refractivity contribution >= 4 is 22.7 Å². The van der Waals surface area contributed by atoms with E-state index in [9.17, 15) is 13.6 Å². The Labute approximate surface area is 135 Å². The Morgan fingerprint density at radius 3 is 2.62 bits per heavy atom. The van der Waals surface area contributed by atoms with Gasteiger partial charge in [-0.25, -0.2) is 18.3 Å². The molecule has 0 aliphatic heterocycles. The number of hydrogen-bond acceptors (Lipinski definition) is 5. The van der Waals surface area contributed by atoms with Crippen molar-refractivity contribution in [3.63, 3.8) is 0 Å². The van der Waals surface area contributed by atoms with Crippen LogP contribution in [0.25, 0.3) is 11.0 Å². The van der Waals surface area contributed by atoms with Gasteiger partial charge in [-0.05, 0) is 31.2 Å². The number of oxime groups is 1. The number of benzene rings is 2. The highest BCUT2D eigenvalue weighted by Crippen LogP contribution is 2.14. The molecule has 0 spiro atoms. The highest BCUT2D eigenvalue weighted by molar-refractivity contribution is 5.91. The maximum absolute atomic E-state index is 13.5. The molecule has 0 atom stereocenters. The van der Waals surface area contributed by atoms with E-state index in [4.69, 9.17) is 0 Å². The number of aromatic nitrogens is 3. The lowest BCUT2D eigenvalue weighted by molar-refractivity contribution is 0.0503. The van der Waals surface area contributed by atoms with Gasteiger partial charge in [-0.1, -0.05) is 28.6 Å². The summed E-state index contributed by atoms with van der Waals surface area (Å²) in [5.74, 6) is -3.21. The third-order valence-corrected chi connectivity index (χ3v) is 3.25. The molecule has 3 rings (SSSR count). The number of fused-ring (bicyclic) bond motifs is 1. The molecule has 0 saturated heterocycles. The third kappa shape index (κ3) is 3.12. The van der Waals surface area contributed by atoms with Gasteiger partial charge in [0.1, 0.15) is 22.7 Å². The van der Waals surface area contributed by atoms with E-state index in [1.54, 1.807) is 11.6 Å². The first kappa shape index (κ1) is 15.7. The van der Waals surface area contributed by atoms with E-state index < -0.39 is 23.2 Å². The van der Waals surface area contributed by atoms with Gasteiger partial charge in [0, 0.05) is 0 Å². The van der Waals surface area contributed by atoms with E-state index in [2.05, 4.69) is 20.3 Å². The van der Waals surface area contributed by atoms with Gasteiger partial charge in [0.05, 0.1) is 17.8 Å². The van der Waals surface area contributed by atoms with Crippen molar-refractivity contribution < 1.29 is 18.4 Å². The molecule has 6 nitrogen and oxygen atoms in total. The van der Waals surface area contributed by atoms with Crippen LogP contribution in [0.2, 0.25) is 0 Å². The Balaban J connectivity index is 1.74. The van der Waals surface area contributed by atoms with Crippen LogP contribution in [0.4, 0.5) is 8.78 Å². The lowest BCUT2D eigenvalue weighted by Gasteiger charge is -2.04. The van der Waals surface area contributed by atoms with Gasteiger partial charge in [-0.2, -0.15) is 0 Å². The van der Waals surface area contributed by atoms with Crippen LogP contribution in [-0.4, -0.2) is 26.7 Å². The minimum Gasteiger partial charge on any atom is -0.313 e. The van der Waals surface area contributed by atoms with Crippen LogP contribution in [0.3, 0.4) is 0 Å². The highest BCUT2D eigenvalue weighted by atomic mass is 19.1. The van der Waals surface area contributed by atoms with Crippen LogP contribution in [0.5, 0.6) is 0 Å². The summed E-state index contributed by atoms with van der Waals surface area (Å²) in [6, 6.07) is 10.4. The zero-order valence-electron chi connectivity index (χ0n) is 12.6. The maximum Gasteiger partial charge on any atom is 0.371 e. The first-order chi connectivity index (χ1) is 11.6. The van der Waals surface area contributed by atoms with E-state index in [0.29, 0.717) is 5.71 Å².